The van der Waals surface area contributed by atoms with E-state index in [-0.39, 0.29) is 17.1 Å². The number of esters is 1. The fraction of sp³-hybridized carbons (Fsp3) is 0.167. The van der Waals surface area contributed by atoms with Crippen molar-refractivity contribution in [3.05, 3.63) is 57.5 Å². The molecule has 6 nitrogen and oxygen atoms in total. The number of rotatable bonds is 4. The molecular weight excluding hydrogens is 344 g/mol. The number of hydrogen-bond donors (Lipinski definition) is 1. The van der Waals surface area contributed by atoms with E-state index in [4.69, 9.17) is 9.15 Å². The first-order valence-corrected chi connectivity index (χ1v) is 8.30. The quantitative estimate of drug-likeness (QED) is 0.713. The van der Waals surface area contributed by atoms with Crippen LogP contribution in [0.5, 0.6) is 0 Å². The van der Waals surface area contributed by atoms with Gasteiger partial charge in [0.1, 0.15) is 4.88 Å². The molecule has 0 radical (unpaired) electrons. The van der Waals surface area contributed by atoms with E-state index in [1.165, 1.54) is 0 Å². The molecule has 0 atom stereocenters. The van der Waals surface area contributed by atoms with Crippen molar-refractivity contribution in [2.24, 2.45) is 0 Å². The Morgan fingerprint density at radius 3 is 2.44 bits per heavy atom. The molecule has 0 saturated heterocycles. The molecule has 0 bridgehead atoms. The Hall–Kier alpha value is -2.93. The lowest BCUT2D eigenvalue weighted by atomic mass is 10.0. The maximum absolute atomic E-state index is 12.0. The minimum Gasteiger partial charge on any atom is -0.475 e. The van der Waals surface area contributed by atoms with E-state index in [0.717, 1.165) is 11.3 Å². The first-order chi connectivity index (χ1) is 11.9. The Morgan fingerprint density at radius 2 is 1.80 bits per heavy atom. The van der Waals surface area contributed by atoms with E-state index in [2.05, 4.69) is 0 Å². The van der Waals surface area contributed by atoms with Crippen LogP contribution in [0.3, 0.4) is 0 Å². The van der Waals surface area contributed by atoms with Crippen LogP contribution in [-0.4, -0.2) is 23.1 Å². The Balaban J connectivity index is 2.22. The van der Waals surface area contributed by atoms with Gasteiger partial charge in [-0.2, -0.15) is 0 Å². The maximum atomic E-state index is 12.0. The number of carbonyl (C=O) groups is 2. The zero-order valence-electron chi connectivity index (χ0n) is 13.4. The molecule has 0 saturated carbocycles. The molecule has 0 unspecified atom stereocenters. The standard InChI is InChI=1S/C18H14O6S/c1-9(2)23-18(22)13-8-7-12(25-13)14-10-5-3-4-6-11(10)17(21)24-15(14)16(19)20/h3-9H,1-2H3,(H,19,20). The van der Waals surface area contributed by atoms with Gasteiger partial charge in [0.2, 0.25) is 5.76 Å². The number of hydrogen-bond acceptors (Lipinski definition) is 6. The van der Waals surface area contributed by atoms with Crippen LogP contribution in [0, 0.1) is 0 Å². The highest BCUT2D eigenvalue weighted by molar-refractivity contribution is 7.17. The van der Waals surface area contributed by atoms with Crippen LogP contribution in [0.1, 0.15) is 34.1 Å². The Kier molecular flexibility index (Phi) is 4.41. The molecule has 7 heteroatoms. The summed E-state index contributed by atoms with van der Waals surface area (Å²) in [5.41, 5.74) is -0.441. The molecule has 0 spiro atoms. The van der Waals surface area contributed by atoms with Crippen LogP contribution >= 0.6 is 11.3 Å². The van der Waals surface area contributed by atoms with Crippen molar-refractivity contribution in [3.8, 4) is 10.4 Å². The molecule has 1 N–H and O–H groups in total. The lowest BCUT2D eigenvalue weighted by molar-refractivity contribution is 0.0383. The normalized spacial score (nSPS) is 11.0. The van der Waals surface area contributed by atoms with Crippen LogP contribution in [0.15, 0.2) is 45.6 Å². The fourth-order valence-electron chi connectivity index (χ4n) is 2.45. The van der Waals surface area contributed by atoms with Crippen molar-refractivity contribution in [2.75, 3.05) is 0 Å². The van der Waals surface area contributed by atoms with Gasteiger partial charge >= 0.3 is 17.6 Å². The summed E-state index contributed by atoms with van der Waals surface area (Å²) in [7, 11) is 0. The molecular formula is C18H14O6S. The molecule has 3 aromatic rings. The summed E-state index contributed by atoms with van der Waals surface area (Å²) in [5, 5.41) is 10.2. The van der Waals surface area contributed by atoms with Crippen molar-refractivity contribution < 1.29 is 23.8 Å². The molecule has 0 amide bonds. The average molecular weight is 358 g/mol. The van der Waals surface area contributed by atoms with E-state index >= 15 is 0 Å². The summed E-state index contributed by atoms with van der Waals surface area (Å²) < 4.78 is 10.2. The largest absolute Gasteiger partial charge is 0.475 e. The molecule has 2 heterocycles. The van der Waals surface area contributed by atoms with Crippen LogP contribution in [0.25, 0.3) is 21.2 Å². The summed E-state index contributed by atoms with van der Waals surface area (Å²) in [6, 6.07) is 9.78. The lowest BCUT2D eigenvalue weighted by Crippen LogP contribution is -2.10. The van der Waals surface area contributed by atoms with Crippen LogP contribution < -0.4 is 5.63 Å². The van der Waals surface area contributed by atoms with Gasteiger partial charge in [0.05, 0.1) is 17.1 Å². The zero-order chi connectivity index (χ0) is 18.1. The van der Waals surface area contributed by atoms with Crippen LogP contribution in [-0.2, 0) is 4.74 Å². The molecule has 2 aromatic heterocycles. The Labute approximate surface area is 146 Å². The topological polar surface area (TPSA) is 93.8 Å². The number of carboxylic acid groups (broad SMARTS) is 1. The summed E-state index contributed by atoms with van der Waals surface area (Å²) >= 11 is 1.09. The van der Waals surface area contributed by atoms with Crippen molar-refractivity contribution in [1.29, 1.82) is 0 Å². The van der Waals surface area contributed by atoms with Crippen LogP contribution in [0.4, 0.5) is 0 Å². The number of fused-ring (bicyclic) bond motifs is 1. The van der Waals surface area contributed by atoms with Crippen molar-refractivity contribution in [2.45, 2.75) is 20.0 Å². The number of thiophene rings is 1. The summed E-state index contributed by atoms with van der Waals surface area (Å²) in [6.45, 7) is 3.49. The van der Waals surface area contributed by atoms with Crippen LogP contribution in [0.2, 0.25) is 0 Å². The average Bonchev–Trinajstić information content (AvgIpc) is 3.04. The number of benzene rings is 1. The zero-order valence-corrected chi connectivity index (χ0v) is 14.3. The first-order valence-electron chi connectivity index (χ1n) is 7.49. The van der Waals surface area contributed by atoms with Gasteiger partial charge in [-0.3, -0.25) is 0 Å². The summed E-state index contributed by atoms with van der Waals surface area (Å²) in [4.78, 5) is 36.5. The van der Waals surface area contributed by atoms with Gasteiger partial charge < -0.3 is 14.3 Å². The third-order valence-corrected chi connectivity index (χ3v) is 4.51. The number of carbonyl (C=O) groups excluding carboxylic acids is 1. The second-order valence-electron chi connectivity index (χ2n) is 5.56. The molecule has 1 aromatic carbocycles. The fourth-order valence-corrected chi connectivity index (χ4v) is 3.39. The molecule has 128 valence electrons. The molecule has 25 heavy (non-hydrogen) atoms. The van der Waals surface area contributed by atoms with Gasteiger partial charge in [-0.25, -0.2) is 14.4 Å². The van der Waals surface area contributed by atoms with E-state index < -0.39 is 23.3 Å². The Bertz CT molecular complexity index is 1030. The maximum Gasteiger partial charge on any atom is 0.372 e. The highest BCUT2D eigenvalue weighted by atomic mass is 32.1. The SMILES string of the molecule is CC(C)OC(=O)c1ccc(-c2c(C(=O)O)oc(=O)c3ccccc23)s1. The highest BCUT2D eigenvalue weighted by Crippen LogP contribution is 2.35. The van der Waals surface area contributed by atoms with E-state index in [0.29, 0.717) is 15.1 Å². The molecule has 0 aliphatic heterocycles. The molecule has 0 aliphatic carbocycles. The first kappa shape index (κ1) is 16.9. The molecule has 0 aliphatic rings. The smallest absolute Gasteiger partial charge is 0.372 e. The highest BCUT2D eigenvalue weighted by Gasteiger charge is 2.23. The number of carboxylic acids is 1. The molecule has 0 fully saturated rings. The second-order valence-corrected chi connectivity index (χ2v) is 6.65. The number of ether oxygens (including phenoxy) is 1. The van der Waals surface area contributed by atoms with Gasteiger partial charge in [-0.1, -0.05) is 18.2 Å². The van der Waals surface area contributed by atoms with Gasteiger partial charge in [0.25, 0.3) is 0 Å². The Morgan fingerprint density at radius 1 is 1.12 bits per heavy atom. The van der Waals surface area contributed by atoms with Crippen molar-refractivity contribution in [3.63, 3.8) is 0 Å². The summed E-state index contributed by atoms with van der Waals surface area (Å²) in [6.07, 6.45) is -0.261. The van der Waals surface area contributed by atoms with Crippen molar-refractivity contribution >= 4 is 34.0 Å². The van der Waals surface area contributed by atoms with Gasteiger partial charge in [0.15, 0.2) is 0 Å². The van der Waals surface area contributed by atoms with Gasteiger partial charge in [-0.05, 0) is 32.0 Å². The minimum absolute atomic E-state index is 0.261. The lowest BCUT2D eigenvalue weighted by Gasteiger charge is -2.07. The third-order valence-electron chi connectivity index (χ3n) is 3.43. The molecule has 3 rings (SSSR count). The predicted octanol–water partition coefficient (Wildman–Crippen LogP) is 3.78. The van der Waals surface area contributed by atoms with Gasteiger partial charge in [0, 0.05) is 10.3 Å². The monoisotopic (exact) mass is 358 g/mol. The van der Waals surface area contributed by atoms with E-state index in [9.17, 15) is 19.5 Å². The minimum atomic E-state index is -1.35. The number of aromatic carboxylic acids is 1. The predicted molar refractivity (Wildman–Crippen MR) is 93.3 cm³/mol. The van der Waals surface area contributed by atoms with Gasteiger partial charge in [-0.15, -0.1) is 11.3 Å². The van der Waals surface area contributed by atoms with Crippen molar-refractivity contribution in [1.82, 2.24) is 0 Å². The summed E-state index contributed by atoms with van der Waals surface area (Å²) in [5.74, 6) is -2.28. The van der Waals surface area contributed by atoms with E-state index in [1.54, 1.807) is 50.2 Å². The second kappa shape index (κ2) is 6.52. The van der Waals surface area contributed by atoms with E-state index in [1.807, 2.05) is 0 Å². The third kappa shape index (κ3) is 3.18.